The standard InChI is InChI=1S/C21H23NO7/c1-22-7-6-11-8-15-21(29-10-28-15)19(25)16(11)17(22)18(24)12-4-5-14(26-2)20(27-3)13(12)9-23/h4-5,8-9,17-18,24-25H,6-7,10H2,1-3H3/t17-,18+/m1/s1. The zero-order valence-corrected chi connectivity index (χ0v) is 16.5. The van der Waals surface area contributed by atoms with Crippen LogP contribution in [0.15, 0.2) is 18.2 Å². The van der Waals surface area contributed by atoms with Crippen molar-refractivity contribution < 1.29 is 34.0 Å². The molecule has 2 aromatic rings. The Morgan fingerprint density at radius 2 is 2.07 bits per heavy atom. The summed E-state index contributed by atoms with van der Waals surface area (Å²) in [6.45, 7) is 0.706. The number of carbonyl (C=O) groups excluding carboxylic acids is 1. The van der Waals surface area contributed by atoms with Crippen molar-refractivity contribution in [3.63, 3.8) is 0 Å². The number of rotatable bonds is 5. The Morgan fingerprint density at radius 3 is 2.76 bits per heavy atom. The lowest BCUT2D eigenvalue weighted by atomic mass is 9.84. The Kier molecular flexibility index (Phi) is 4.97. The third-order valence-corrected chi connectivity index (χ3v) is 5.62. The van der Waals surface area contributed by atoms with Crippen LogP contribution < -0.4 is 18.9 Å². The smallest absolute Gasteiger partial charge is 0.231 e. The van der Waals surface area contributed by atoms with E-state index in [-0.39, 0.29) is 29.6 Å². The largest absolute Gasteiger partial charge is 0.504 e. The van der Waals surface area contributed by atoms with E-state index in [1.807, 2.05) is 18.0 Å². The minimum absolute atomic E-state index is 0.0415. The van der Waals surface area contributed by atoms with Crippen LogP contribution in [0.5, 0.6) is 28.7 Å². The highest BCUT2D eigenvalue weighted by Gasteiger charge is 2.38. The number of hydrogen-bond acceptors (Lipinski definition) is 8. The number of aliphatic hydroxyl groups excluding tert-OH is 1. The first-order valence-corrected chi connectivity index (χ1v) is 9.24. The molecular formula is C21H23NO7. The maximum atomic E-state index is 11.9. The number of nitrogens with zero attached hydrogens (tertiary/aromatic N) is 1. The topological polar surface area (TPSA) is 97.7 Å². The van der Waals surface area contributed by atoms with E-state index in [1.165, 1.54) is 14.2 Å². The SMILES string of the molecule is COc1ccc([C@H](O)[C@H]2c3c(cc4c(c3O)OCO4)CCN2C)c(C=O)c1OC. The number of hydrogen-bond donors (Lipinski definition) is 2. The predicted molar refractivity (Wildman–Crippen MR) is 103 cm³/mol. The van der Waals surface area contributed by atoms with Gasteiger partial charge in [-0.05, 0) is 36.7 Å². The van der Waals surface area contributed by atoms with E-state index in [0.717, 1.165) is 5.56 Å². The fraction of sp³-hybridized carbons (Fsp3) is 0.381. The highest BCUT2D eigenvalue weighted by molar-refractivity contribution is 5.84. The summed E-state index contributed by atoms with van der Waals surface area (Å²) < 4.78 is 21.4. The molecule has 2 heterocycles. The molecule has 4 rings (SSSR count). The number of fused-ring (bicyclic) bond motifs is 2. The molecule has 2 aliphatic rings. The van der Waals surface area contributed by atoms with Crippen LogP contribution >= 0.6 is 0 Å². The van der Waals surface area contributed by atoms with Gasteiger partial charge in [-0.15, -0.1) is 0 Å². The third-order valence-electron chi connectivity index (χ3n) is 5.62. The molecule has 0 radical (unpaired) electrons. The zero-order chi connectivity index (χ0) is 20.7. The molecule has 0 unspecified atom stereocenters. The van der Waals surface area contributed by atoms with E-state index >= 15 is 0 Å². The molecule has 8 heteroatoms. The predicted octanol–water partition coefficient (Wildman–Crippen LogP) is 2.21. The van der Waals surface area contributed by atoms with Gasteiger partial charge in [0.15, 0.2) is 29.3 Å². The molecule has 2 aromatic carbocycles. The normalized spacial score (nSPS) is 18.8. The second-order valence-electron chi connectivity index (χ2n) is 7.07. The number of methoxy groups -OCH3 is 2. The fourth-order valence-electron chi connectivity index (χ4n) is 4.20. The number of likely N-dealkylation sites (N-methyl/N-ethyl adjacent to an activating group) is 1. The molecule has 0 aromatic heterocycles. The quantitative estimate of drug-likeness (QED) is 0.736. The number of aromatic hydroxyl groups is 1. The molecule has 0 bridgehead atoms. The molecule has 2 aliphatic heterocycles. The molecule has 8 nitrogen and oxygen atoms in total. The first-order valence-electron chi connectivity index (χ1n) is 9.24. The van der Waals surface area contributed by atoms with E-state index in [1.54, 1.807) is 12.1 Å². The van der Waals surface area contributed by atoms with E-state index in [4.69, 9.17) is 18.9 Å². The second-order valence-corrected chi connectivity index (χ2v) is 7.07. The second kappa shape index (κ2) is 7.46. The average molecular weight is 401 g/mol. The van der Waals surface area contributed by atoms with E-state index in [9.17, 15) is 15.0 Å². The lowest BCUT2D eigenvalue weighted by Crippen LogP contribution is -2.36. The summed E-state index contributed by atoms with van der Waals surface area (Å²) in [5.74, 6) is 1.39. The average Bonchev–Trinajstić information content (AvgIpc) is 3.21. The van der Waals surface area contributed by atoms with Gasteiger partial charge in [0.1, 0.15) is 0 Å². The van der Waals surface area contributed by atoms with Crippen LogP contribution in [0.1, 0.15) is 39.2 Å². The highest BCUT2D eigenvalue weighted by atomic mass is 16.7. The zero-order valence-electron chi connectivity index (χ0n) is 16.5. The van der Waals surface area contributed by atoms with Gasteiger partial charge >= 0.3 is 0 Å². The summed E-state index contributed by atoms with van der Waals surface area (Å²) in [7, 11) is 4.78. The van der Waals surface area contributed by atoms with Gasteiger partial charge in [-0.1, -0.05) is 6.07 Å². The summed E-state index contributed by atoms with van der Waals surface area (Å²) in [4.78, 5) is 13.8. The number of phenolic OH excluding ortho intramolecular Hbond substituents is 1. The Labute approximate surface area is 168 Å². The van der Waals surface area contributed by atoms with Gasteiger partial charge in [0, 0.05) is 12.1 Å². The van der Waals surface area contributed by atoms with Crippen LogP contribution in [0.25, 0.3) is 0 Å². The third kappa shape index (κ3) is 2.95. The Morgan fingerprint density at radius 1 is 1.28 bits per heavy atom. The van der Waals surface area contributed by atoms with E-state index in [0.29, 0.717) is 41.9 Å². The van der Waals surface area contributed by atoms with Crippen molar-refractivity contribution in [1.82, 2.24) is 4.90 Å². The number of carbonyl (C=O) groups is 1. The first-order chi connectivity index (χ1) is 14.0. The number of aldehydes is 1. The van der Waals surface area contributed by atoms with Crippen LogP contribution in [0.2, 0.25) is 0 Å². The summed E-state index contributed by atoms with van der Waals surface area (Å²) in [6.07, 6.45) is 0.222. The number of ether oxygens (including phenoxy) is 4. The van der Waals surface area contributed by atoms with Crippen molar-refractivity contribution in [2.24, 2.45) is 0 Å². The molecule has 0 amide bonds. The van der Waals surface area contributed by atoms with Crippen molar-refractivity contribution in [2.75, 3.05) is 34.6 Å². The van der Waals surface area contributed by atoms with Crippen molar-refractivity contribution in [3.8, 4) is 28.7 Å². The molecule has 0 aliphatic carbocycles. The van der Waals surface area contributed by atoms with Crippen molar-refractivity contribution >= 4 is 6.29 Å². The van der Waals surface area contributed by atoms with Crippen molar-refractivity contribution in [1.29, 1.82) is 0 Å². The number of aliphatic hydroxyl groups is 1. The molecule has 29 heavy (non-hydrogen) atoms. The summed E-state index contributed by atoms with van der Waals surface area (Å²) in [6, 6.07) is 4.54. The number of phenols is 1. The van der Waals surface area contributed by atoms with Crippen molar-refractivity contribution in [3.05, 3.63) is 40.5 Å². The van der Waals surface area contributed by atoms with Crippen LogP contribution in [-0.2, 0) is 6.42 Å². The first kappa shape index (κ1) is 19.4. The van der Waals surface area contributed by atoms with Gasteiger partial charge in [0.25, 0.3) is 0 Å². The van der Waals surface area contributed by atoms with Crippen LogP contribution in [0, 0.1) is 0 Å². The van der Waals surface area contributed by atoms with Crippen LogP contribution in [0.4, 0.5) is 0 Å². The molecule has 0 spiro atoms. The highest BCUT2D eigenvalue weighted by Crippen LogP contribution is 2.52. The maximum Gasteiger partial charge on any atom is 0.231 e. The van der Waals surface area contributed by atoms with E-state index < -0.39 is 12.1 Å². The lowest BCUT2D eigenvalue weighted by Gasteiger charge is -2.38. The van der Waals surface area contributed by atoms with E-state index in [2.05, 4.69) is 0 Å². The molecular weight excluding hydrogens is 378 g/mol. The van der Waals surface area contributed by atoms with Gasteiger partial charge in [-0.25, -0.2) is 0 Å². The van der Waals surface area contributed by atoms with Crippen LogP contribution in [-0.4, -0.2) is 56.0 Å². The monoisotopic (exact) mass is 401 g/mol. The van der Waals surface area contributed by atoms with Gasteiger partial charge in [0.05, 0.1) is 31.9 Å². The van der Waals surface area contributed by atoms with Gasteiger partial charge < -0.3 is 29.2 Å². The van der Waals surface area contributed by atoms with Crippen LogP contribution in [0.3, 0.4) is 0 Å². The number of benzene rings is 2. The Balaban J connectivity index is 1.85. The molecule has 154 valence electrons. The summed E-state index contributed by atoms with van der Waals surface area (Å²) in [5.41, 5.74) is 2.05. The molecule has 0 saturated carbocycles. The molecule has 0 saturated heterocycles. The molecule has 2 atom stereocenters. The Bertz CT molecular complexity index is 959. The molecule has 2 N–H and O–H groups in total. The van der Waals surface area contributed by atoms with Gasteiger partial charge in [0.2, 0.25) is 12.5 Å². The minimum atomic E-state index is -1.11. The summed E-state index contributed by atoms with van der Waals surface area (Å²) >= 11 is 0. The Hall–Kier alpha value is -2.97. The van der Waals surface area contributed by atoms with Gasteiger partial charge in [-0.2, -0.15) is 0 Å². The fourth-order valence-corrected chi connectivity index (χ4v) is 4.20. The van der Waals surface area contributed by atoms with Crippen molar-refractivity contribution in [2.45, 2.75) is 18.6 Å². The lowest BCUT2D eigenvalue weighted by molar-refractivity contribution is 0.0533. The minimum Gasteiger partial charge on any atom is -0.504 e. The molecule has 0 fully saturated rings. The van der Waals surface area contributed by atoms with Gasteiger partial charge in [-0.3, -0.25) is 9.69 Å². The maximum absolute atomic E-state index is 11.9. The summed E-state index contributed by atoms with van der Waals surface area (Å²) in [5, 5.41) is 22.2.